The Morgan fingerprint density at radius 2 is 1.92 bits per heavy atom. The molecule has 4 N–H and O–H groups in total. The number of aliphatic hydroxyl groups excluding tert-OH is 2. The Balaban J connectivity index is 0.000000240. The van der Waals surface area contributed by atoms with E-state index in [2.05, 4.69) is 23.1 Å². The van der Waals surface area contributed by atoms with E-state index < -0.39 is 24.1 Å². The summed E-state index contributed by atoms with van der Waals surface area (Å²) in [5.74, 6) is -1.19. The van der Waals surface area contributed by atoms with Crippen LogP contribution in [0.15, 0.2) is 23.8 Å². The molecule has 210 valence electrons. The number of methoxy groups -OCH3 is 2. The molecule has 9 atom stereocenters. The number of ether oxygens (including phenoxy) is 3. The normalized spacial score (nSPS) is 35.9. The first-order valence-electron chi connectivity index (χ1n) is 13.2. The van der Waals surface area contributed by atoms with Crippen LogP contribution in [-0.2, 0) is 24.5 Å². The number of hydrogen-bond donors (Lipinski definition) is 4. The molecule has 12 heteroatoms. The van der Waals surface area contributed by atoms with Gasteiger partial charge in [-0.15, -0.1) is 0 Å². The molecule has 0 radical (unpaired) electrons. The third-order valence-corrected chi connectivity index (χ3v) is 9.79. The Morgan fingerprint density at radius 1 is 1.21 bits per heavy atom. The number of rotatable bonds is 5. The number of quaternary nitrogens is 1. The van der Waals surface area contributed by atoms with Crippen molar-refractivity contribution in [1.29, 1.82) is 0 Å². The molecule has 0 aromatic heterocycles. The van der Waals surface area contributed by atoms with Gasteiger partial charge in [-0.3, -0.25) is 4.79 Å². The second-order valence-electron chi connectivity index (χ2n) is 11.2. The second-order valence-corrected chi connectivity index (χ2v) is 11.2. The lowest BCUT2D eigenvalue weighted by atomic mass is 9.53. The summed E-state index contributed by atoms with van der Waals surface area (Å²) in [5.41, 5.74) is 3.96. The highest BCUT2D eigenvalue weighted by atomic mass is 16.5. The molecule has 1 unspecified atom stereocenters. The van der Waals surface area contributed by atoms with Gasteiger partial charge in [-0.1, -0.05) is 6.08 Å². The quantitative estimate of drug-likeness (QED) is 0.285. The summed E-state index contributed by atoms with van der Waals surface area (Å²) >= 11 is 0. The zero-order chi connectivity index (χ0) is 27.8. The van der Waals surface area contributed by atoms with Gasteiger partial charge in [0.05, 0.1) is 69.6 Å². The number of carbonyl (C=O) groups is 3. The monoisotopic (exact) mass is 544 g/mol. The zero-order valence-corrected chi connectivity index (χ0v) is 21.7. The van der Waals surface area contributed by atoms with Gasteiger partial charge in [-0.2, -0.15) is 0 Å². The number of benzene rings is 1. The van der Waals surface area contributed by atoms with Crippen molar-refractivity contribution in [3.05, 3.63) is 29.3 Å². The molecular weight excluding hydrogens is 512 g/mol. The van der Waals surface area contributed by atoms with Gasteiger partial charge in [0.1, 0.15) is 12.1 Å². The molecule has 12 nitrogen and oxygen atoms in total. The highest BCUT2D eigenvalue weighted by molar-refractivity contribution is 5.99. The summed E-state index contributed by atoms with van der Waals surface area (Å²) in [4.78, 5) is 36.7. The van der Waals surface area contributed by atoms with Crippen LogP contribution in [0.3, 0.4) is 0 Å². The standard InChI is InChI=1S/C23H26N2O4.C4H6O6/c1-27-16-8-14-15(9-17(16)28-2)25-20(26)10-18-21-13-7-19-23(14,22(21)25)4-5-24(19)11-12(13)3-6-29-18;5-1(3(7)8)2(6)4(9)10/h3,8-9,13,18-19,21-22H,4-7,10-11H2,1-2H3;1-2,5-6H,(H,7,8)(H,9,10)/t13-,18-,19-,21-,22-,23+;1-,2-/m01/s1. The molecule has 5 heterocycles. The predicted molar refractivity (Wildman–Crippen MR) is 130 cm³/mol. The number of carboxylic acids is 2. The van der Waals surface area contributed by atoms with Crippen LogP contribution in [0.25, 0.3) is 0 Å². The van der Waals surface area contributed by atoms with Gasteiger partial charge in [0.25, 0.3) is 0 Å². The van der Waals surface area contributed by atoms with Crippen LogP contribution in [-0.4, -0.2) is 97.5 Å². The number of anilines is 1. The summed E-state index contributed by atoms with van der Waals surface area (Å²) in [7, 11) is 3.37. The minimum Gasteiger partial charge on any atom is -0.547 e. The Kier molecular flexibility index (Phi) is 6.14. The molecule has 1 aromatic rings. The third-order valence-electron chi connectivity index (χ3n) is 9.79. The number of fused-ring (bicyclic) bond motifs is 2. The fourth-order valence-corrected chi connectivity index (χ4v) is 8.36. The van der Waals surface area contributed by atoms with Gasteiger partial charge in [0, 0.05) is 24.8 Å². The molecule has 1 spiro atoms. The minimum absolute atomic E-state index is 0.0128. The van der Waals surface area contributed by atoms with Crippen molar-refractivity contribution < 1.29 is 53.9 Å². The SMILES string of the molecule is COc1cc2c(cc1OC)[C@@]13CC[NH+]4CC5=CCO[C@H]6CC(=O)N2[C@H]1[C@H]6[C@H]5C[C@H]43.O=C([O-])[C@H](O)[C@@H](O)C(=O)O. The zero-order valence-electron chi connectivity index (χ0n) is 21.7. The first-order valence-corrected chi connectivity index (χ1v) is 13.2. The molecule has 7 rings (SSSR count). The summed E-state index contributed by atoms with van der Waals surface area (Å²) in [6, 6.07) is 5.00. The number of hydrogen-bond acceptors (Lipinski definition) is 9. The van der Waals surface area contributed by atoms with Crippen LogP contribution in [0.4, 0.5) is 5.69 Å². The Bertz CT molecular complexity index is 1250. The molecular formula is C27H32N2O10. The Hall–Kier alpha value is -3.19. The van der Waals surface area contributed by atoms with Crippen molar-refractivity contribution in [3.8, 4) is 11.5 Å². The second kappa shape index (κ2) is 9.19. The number of nitrogens with zero attached hydrogens (tertiary/aromatic N) is 1. The van der Waals surface area contributed by atoms with Crippen LogP contribution >= 0.6 is 0 Å². The first-order chi connectivity index (χ1) is 18.6. The average Bonchev–Trinajstić information content (AvgIpc) is 3.39. The van der Waals surface area contributed by atoms with Crippen molar-refractivity contribution in [2.75, 3.05) is 38.8 Å². The summed E-state index contributed by atoms with van der Waals surface area (Å²) in [6.45, 7) is 2.98. The van der Waals surface area contributed by atoms with E-state index in [1.807, 2.05) is 0 Å². The van der Waals surface area contributed by atoms with E-state index in [0.29, 0.717) is 36.7 Å². The fourth-order valence-electron chi connectivity index (χ4n) is 8.36. The van der Waals surface area contributed by atoms with E-state index in [4.69, 9.17) is 29.5 Å². The number of amides is 1. The van der Waals surface area contributed by atoms with E-state index in [0.717, 1.165) is 24.4 Å². The van der Waals surface area contributed by atoms with Crippen LogP contribution < -0.4 is 24.4 Å². The van der Waals surface area contributed by atoms with E-state index in [9.17, 15) is 19.5 Å². The highest BCUT2D eigenvalue weighted by Crippen LogP contribution is 2.63. The molecule has 2 bridgehead atoms. The number of aliphatic hydroxyl groups is 2. The Morgan fingerprint density at radius 3 is 2.56 bits per heavy atom. The molecule has 4 fully saturated rings. The fraction of sp³-hybridized carbons (Fsp3) is 0.593. The number of aliphatic carboxylic acids is 2. The largest absolute Gasteiger partial charge is 0.547 e. The number of carboxylic acid groups (broad SMARTS) is 2. The number of carbonyl (C=O) groups excluding carboxylic acids is 2. The predicted octanol–water partition coefficient (Wildman–Crippen LogP) is -2.76. The molecule has 6 aliphatic rings. The molecule has 3 saturated heterocycles. The maximum atomic E-state index is 13.5. The van der Waals surface area contributed by atoms with Crippen molar-refractivity contribution >= 4 is 23.5 Å². The lowest BCUT2D eigenvalue weighted by molar-refractivity contribution is -0.916. The van der Waals surface area contributed by atoms with Gasteiger partial charge >= 0.3 is 5.97 Å². The van der Waals surface area contributed by atoms with E-state index in [1.165, 1.54) is 18.5 Å². The lowest BCUT2D eigenvalue weighted by Crippen LogP contribution is -3.16. The third kappa shape index (κ3) is 3.55. The molecule has 5 aliphatic heterocycles. The smallest absolute Gasteiger partial charge is 0.335 e. The molecule has 1 aliphatic carbocycles. The molecule has 1 amide bonds. The van der Waals surface area contributed by atoms with Gasteiger partial charge in [0.2, 0.25) is 5.91 Å². The first kappa shape index (κ1) is 26.1. The van der Waals surface area contributed by atoms with Crippen LogP contribution in [0.1, 0.15) is 24.8 Å². The topological polar surface area (TPSA) is 170 Å². The van der Waals surface area contributed by atoms with Crippen molar-refractivity contribution in [3.63, 3.8) is 0 Å². The summed E-state index contributed by atoms with van der Waals surface area (Å²) in [5, 5.41) is 34.1. The average molecular weight is 545 g/mol. The van der Waals surface area contributed by atoms with E-state index in [1.54, 1.807) is 24.7 Å². The highest BCUT2D eigenvalue weighted by Gasteiger charge is 2.73. The van der Waals surface area contributed by atoms with E-state index in [-0.39, 0.29) is 23.5 Å². The maximum Gasteiger partial charge on any atom is 0.335 e. The number of nitrogens with one attached hydrogen (secondary N) is 1. The van der Waals surface area contributed by atoms with Gasteiger partial charge in [-0.25, -0.2) is 4.79 Å². The lowest BCUT2D eigenvalue weighted by Gasteiger charge is -2.56. The Labute approximate surface area is 224 Å². The van der Waals surface area contributed by atoms with Crippen molar-refractivity contribution in [1.82, 2.24) is 0 Å². The van der Waals surface area contributed by atoms with Gasteiger partial charge in [0.15, 0.2) is 17.6 Å². The molecule has 39 heavy (non-hydrogen) atoms. The minimum atomic E-state index is -2.38. The molecule has 1 aromatic carbocycles. The van der Waals surface area contributed by atoms with Gasteiger partial charge in [-0.05, 0) is 23.1 Å². The number of piperidine rings is 2. The van der Waals surface area contributed by atoms with Gasteiger partial charge < -0.3 is 49.2 Å². The summed E-state index contributed by atoms with van der Waals surface area (Å²) < 4.78 is 17.6. The van der Waals surface area contributed by atoms with Crippen LogP contribution in [0.2, 0.25) is 0 Å². The summed E-state index contributed by atoms with van der Waals surface area (Å²) in [6.07, 6.45) is 0.512. The van der Waals surface area contributed by atoms with Crippen LogP contribution in [0.5, 0.6) is 11.5 Å². The van der Waals surface area contributed by atoms with Crippen molar-refractivity contribution in [2.24, 2.45) is 11.8 Å². The van der Waals surface area contributed by atoms with Crippen LogP contribution in [0, 0.1) is 11.8 Å². The van der Waals surface area contributed by atoms with Crippen molar-refractivity contribution in [2.45, 2.75) is 55.1 Å². The molecule has 1 saturated carbocycles. The van der Waals surface area contributed by atoms with E-state index >= 15 is 0 Å². The maximum absolute atomic E-state index is 13.5.